The number of thiophene rings is 1. The van der Waals surface area contributed by atoms with Crippen LogP contribution in [-0.4, -0.2) is 70.9 Å². The highest BCUT2D eigenvalue weighted by Gasteiger charge is 2.36. The number of ether oxygens (including phenoxy) is 1. The fourth-order valence-electron chi connectivity index (χ4n) is 5.92. The van der Waals surface area contributed by atoms with E-state index in [-0.39, 0.29) is 35.3 Å². The van der Waals surface area contributed by atoms with Crippen molar-refractivity contribution in [3.63, 3.8) is 0 Å². The Labute approximate surface area is 243 Å². The molecule has 2 fully saturated rings. The van der Waals surface area contributed by atoms with E-state index in [1.807, 2.05) is 0 Å². The zero-order valence-electron chi connectivity index (χ0n) is 23.1. The molecule has 2 aliphatic rings. The number of halogens is 1. The molecule has 2 atom stereocenters. The summed E-state index contributed by atoms with van der Waals surface area (Å²) in [5, 5.41) is 29.9. The molecule has 42 heavy (non-hydrogen) atoms. The van der Waals surface area contributed by atoms with Crippen LogP contribution in [0.25, 0.3) is 15.2 Å². The van der Waals surface area contributed by atoms with Crippen LogP contribution in [0.5, 0.6) is 5.75 Å². The molecule has 222 valence electrons. The number of benzene rings is 1. The van der Waals surface area contributed by atoms with Gasteiger partial charge in [0.05, 0.1) is 36.5 Å². The number of carbonyl (C=O) groups is 1. The van der Waals surface area contributed by atoms with E-state index in [4.69, 9.17) is 4.74 Å². The number of rotatable bonds is 7. The van der Waals surface area contributed by atoms with Crippen LogP contribution in [0.2, 0.25) is 0 Å². The molecule has 1 saturated heterocycles. The zero-order valence-corrected chi connectivity index (χ0v) is 24.0. The molecule has 0 spiro atoms. The zero-order chi connectivity index (χ0) is 29.7. The minimum Gasteiger partial charge on any atom is -0.508 e. The SMILES string of the molecule is Cc1c(-n2nccn2)sc2c1c(=O)n([C@H]1CCN(C)C1=O)c(=O)n2C[C@H](OC1CCC(O)CC1)c1cc(F)ccc1O. The molecular formula is C28H31FN6O6S. The second kappa shape index (κ2) is 11.1. The number of phenols is 1. The number of aryl methyl sites for hydroxylation is 1. The van der Waals surface area contributed by atoms with Gasteiger partial charge in [-0.15, -0.1) is 4.80 Å². The molecule has 3 aromatic heterocycles. The number of phenolic OH excluding ortho intramolecular Hbond substituents is 1. The number of aromatic nitrogens is 5. The summed E-state index contributed by atoms with van der Waals surface area (Å²) in [6.45, 7) is 1.96. The van der Waals surface area contributed by atoms with Crippen molar-refractivity contribution < 1.29 is 24.1 Å². The Bertz CT molecular complexity index is 1760. The lowest BCUT2D eigenvalue weighted by Crippen LogP contribution is -2.45. The standard InChI is InChI=1S/C28H31FN6O6S/c1-15-23-25(39)34(20-9-12-32(2)24(20)38)28(40)33(27(23)42-26(15)35-30-10-11-31-35)14-22(19-13-16(29)3-8-21(19)37)41-18-6-4-17(36)5-7-18/h3,8,10-11,13,17-18,20,22,36-37H,4-7,9,12,14H2,1-2H3/t17?,18?,20-,22-/m0/s1. The molecule has 1 saturated carbocycles. The fraction of sp³-hybridized carbons (Fsp3) is 0.464. The number of nitrogens with zero attached hydrogens (tertiary/aromatic N) is 6. The molecule has 12 nitrogen and oxygen atoms in total. The average molecular weight is 599 g/mol. The Balaban J connectivity index is 1.55. The van der Waals surface area contributed by atoms with Gasteiger partial charge in [0.1, 0.15) is 33.5 Å². The van der Waals surface area contributed by atoms with Crippen LogP contribution in [0.3, 0.4) is 0 Å². The van der Waals surface area contributed by atoms with Gasteiger partial charge >= 0.3 is 5.69 Å². The number of amides is 1. The van der Waals surface area contributed by atoms with Crippen molar-refractivity contribution in [1.29, 1.82) is 0 Å². The van der Waals surface area contributed by atoms with Gasteiger partial charge in [0.15, 0.2) is 0 Å². The van der Waals surface area contributed by atoms with Crippen LogP contribution in [0.1, 0.15) is 55.4 Å². The molecule has 2 N–H and O–H groups in total. The molecule has 14 heteroatoms. The predicted octanol–water partition coefficient (Wildman–Crippen LogP) is 2.42. The van der Waals surface area contributed by atoms with E-state index in [1.54, 1.807) is 14.0 Å². The van der Waals surface area contributed by atoms with Crippen LogP contribution in [-0.2, 0) is 16.1 Å². The number of fused-ring (bicyclic) bond motifs is 1. The van der Waals surface area contributed by atoms with Crippen molar-refractivity contribution in [1.82, 2.24) is 29.0 Å². The topological polar surface area (TPSA) is 145 Å². The van der Waals surface area contributed by atoms with E-state index >= 15 is 0 Å². The second-order valence-corrected chi connectivity index (χ2v) is 11.9. The lowest BCUT2D eigenvalue weighted by atomic mass is 9.94. The van der Waals surface area contributed by atoms with Crippen LogP contribution in [0.15, 0.2) is 40.2 Å². The van der Waals surface area contributed by atoms with E-state index in [0.29, 0.717) is 54.0 Å². The quantitative estimate of drug-likeness (QED) is 0.330. The smallest absolute Gasteiger partial charge is 0.332 e. The first-order valence-electron chi connectivity index (χ1n) is 13.9. The summed E-state index contributed by atoms with van der Waals surface area (Å²) in [6.07, 6.45) is 3.73. The van der Waals surface area contributed by atoms with E-state index in [9.17, 15) is 29.0 Å². The maximum atomic E-state index is 14.5. The number of hydrogen-bond donors (Lipinski definition) is 2. The van der Waals surface area contributed by atoms with Gasteiger partial charge in [-0.3, -0.25) is 14.2 Å². The Kier molecular flexibility index (Phi) is 7.45. The van der Waals surface area contributed by atoms with Crippen LogP contribution < -0.4 is 11.2 Å². The maximum Gasteiger partial charge on any atom is 0.332 e. The minimum atomic E-state index is -0.983. The molecule has 1 aromatic carbocycles. The molecule has 4 aromatic rings. The van der Waals surface area contributed by atoms with Crippen molar-refractivity contribution in [3.05, 3.63) is 68.4 Å². The molecule has 6 rings (SSSR count). The molecule has 4 heterocycles. The number of likely N-dealkylation sites (tertiary alicyclic amines) is 1. The number of carbonyl (C=O) groups excluding carboxylic acids is 1. The van der Waals surface area contributed by atoms with Gasteiger partial charge in [-0.25, -0.2) is 13.8 Å². The molecule has 0 unspecified atom stereocenters. The van der Waals surface area contributed by atoms with Gasteiger partial charge in [-0.1, -0.05) is 11.3 Å². The molecular weight excluding hydrogens is 567 g/mol. The van der Waals surface area contributed by atoms with Crippen molar-refractivity contribution >= 4 is 27.5 Å². The third-order valence-corrected chi connectivity index (χ3v) is 9.50. The van der Waals surface area contributed by atoms with Crippen LogP contribution >= 0.6 is 11.3 Å². The Hall–Kier alpha value is -3.88. The van der Waals surface area contributed by atoms with Gasteiger partial charge in [-0.2, -0.15) is 10.2 Å². The van der Waals surface area contributed by atoms with Crippen molar-refractivity contribution in [2.75, 3.05) is 13.6 Å². The van der Waals surface area contributed by atoms with Crippen molar-refractivity contribution in [2.45, 2.75) is 69.9 Å². The van der Waals surface area contributed by atoms with Crippen LogP contribution in [0.4, 0.5) is 4.39 Å². The highest BCUT2D eigenvalue weighted by Crippen LogP contribution is 2.36. The van der Waals surface area contributed by atoms with Crippen molar-refractivity contribution in [2.24, 2.45) is 0 Å². The first-order valence-corrected chi connectivity index (χ1v) is 14.7. The van der Waals surface area contributed by atoms with E-state index in [1.165, 1.54) is 38.8 Å². The highest BCUT2D eigenvalue weighted by molar-refractivity contribution is 7.21. The predicted molar refractivity (Wildman–Crippen MR) is 151 cm³/mol. The Morgan fingerprint density at radius 1 is 1.12 bits per heavy atom. The lowest BCUT2D eigenvalue weighted by Gasteiger charge is -2.30. The molecule has 1 aliphatic carbocycles. The number of aromatic hydroxyl groups is 1. The highest BCUT2D eigenvalue weighted by atomic mass is 32.1. The number of hydrogen-bond acceptors (Lipinski definition) is 9. The van der Waals surface area contributed by atoms with Gasteiger partial charge < -0.3 is 19.8 Å². The summed E-state index contributed by atoms with van der Waals surface area (Å²) in [4.78, 5) is 44.3. The fourth-order valence-corrected chi connectivity index (χ4v) is 7.14. The van der Waals surface area contributed by atoms with E-state index < -0.39 is 35.3 Å². The minimum absolute atomic E-state index is 0.151. The molecule has 1 amide bonds. The lowest BCUT2D eigenvalue weighted by molar-refractivity contribution is -0.129. The normalized spacial score (nSPS) is 21.9. The Morgan fingerprint density at radius 2 is 1.83 bits per heavy atom. The summed E-state index contributed by atoms with van der Waals surface area (Å²) in [5.41, 5.74) is -0.590. The summed E-state index contributed by atoms with van der Waals surface area (Å²) < 4.78 is 23.3. The summed E-state index contributed by atoms with van der Waals surface area (Å²) in [7, 11) is 1.62. The number of aliphatic hydroxyl groups excluding tert-OH is 1. The number of likely N-dealkylation sites (N-methyl/N-ethyl adjacent to an activating group) is 1. The molecule has 0 bridgehead atoms. The Morgan fingerprint density at radius 3 is 2.50 bits per heavy atom. The van der Waals surface area contributed by atoms with Crippen molar-refractivity contribution in [3.8, 4) is 10.8 Å². The first kappa shape index (κ1) is 28.2. The summed E-state index contributed by atoms with van der Waals surface area (Å²) >= 11 is 1.15. The monoisotopic (exact) mass is 598 g/mol. The molecule has 1 aliphatic heterocycles. The largest absolute Gasteiger partial charge is 0.508 e. The van der Waals surface area contributed by atoms with Gasteiger partial charge in [-0.05, 0) is 57.2 Å². The third kappa shape index (κ3) is 4.92. The summed E-state index contributed by atoms with van der Waals surface area (Å²) in [5.74, 6) is -1.12. The van der Waals surface area contributed by atoms with E-state index in [2.05, 4.69) is 10.2 Å². The molecule has 0 radical (unpaired) electrons. The number of aliphatic hydroxyl groups is 1. The van der Waals surface area contributed by atoms with Gasteiger partial charge in [0.2, 0.25) is 5.91 Å². The first-order chi connectivity index (χ1) is 20.1. The van der Waals surface area contributed by atoms with Gasteiger partial charge in [0, 0.05) is 24.7 Å². The average Bonchev–Trinajstić information content (AvgIpc) is 3.69. The van der Waals surface area contributed by atoms with Crippen LogP contribution in [0, 0.1) is 12.7 Å². The third-order valence-electron chi connectivity index (χ3n) is 8.21. The second-order valence-electron chi connectivity index (χ2n) is 10.9. The van der Waals surface area contributed by atoms with E-state index in [0.717, 1.165) is 22.0 Å². The maximum absolute atomic E-state index is 14.5. The van der Waals surface area contributed by atoms with Gasteiger partial charge in [0.25, 0.3) is 5.56 Å². The summed E-state index contributed by atoms with van der Waals surface area (Å²) in [6, 6.07) is 2.56.